The molecule has 1 aromatic carbocycles. The van der Waals surface area contributed by atoms with Crippen molar-refractivity contribution in [2.45, 2.75) is 45.7 Å². The lowest BCUT2D eigenvalue weighted by molar-refractivity contribution is -0.121. The summed E-state index contributed by atoms with van der Waals surface area (Å²) < 4.78 is 1.99. The van der Waals surface area contributed by atoms with Gasteiger partial charge in [0.1, 0.15) is 0 Å². The van der Waals surface area contributed by atoms with Gasteiger partial charge in [-0.25, -0.2) is 0 Å². The van der Waals surface area contributed by atoms with Crippen molar-refractivity contribution in [2.24, 2.45) is 5.92 Å². The van der Waals surface area contributed by atoms with E-state index in [1.165, 1.54) is 19.4 Å². The van der Waals surface area contributed by atoms with Crippen LogP contribution in [0.3, 0.4) is 0 Å². The second-order valence-corrected chi connectivity index (χ2v) is 6.87. The molecule has 1 aliphatic heterocycles. The van der Waals surface area contributed by atoms with Crippen molar-refractivity contribution in [1.29, 1.82) is 0 Å². The molecule has 1 aromatic heterocycles. The molecule has 0 spiro atoms. The monoisotopic (exact) mass is 328 g/mol. The molecule has 1 saturated heterocycles. The number of benzene rings is 1. The lowest BCUT2D eigenvalue weighted by Crippen LogP contribution is -2.33. The first-order chi connectivity index (χ1) is 11.7. The molecule has 2 heterocycles. The number of fused-ring (bicyclic) bond motifs is 1. The Morgan fingerprint density at radius 2 is 2.21 bits per heavy atom. The van der Waals surface area contributed by atoms with Crippen LogP contribution in [0.1, 0.15) is 38.3 Å². The lowest BCUT2D eigenvalue weighted by Gasteiger charge is -2.29. The number of carbonyl (C=O) groups excluding carboxylic acids is 1. The summed E-state index contributed by atoms with van der Waals surface area (Å²) in [5.41, 5.74) is 2.09. The average molecular weight is 328 g/mol. The topological polar surface area (TPSA) is 50.2 Å². The van der Waals surface area contributed by atoms with E-state index in [1.807, 2.05) is 16.8 Å². The van der Waals surface area contributed by atoms with E-state index in [1.54, 1.807) is 0 Å². The largest absolute Gasteiger partial charge is 0.350 e. The molecule has 24 heavy (non-hydrogen) atoms. The van der Waals surface area contributed by atoms with E-state index in [0.717, 1.165) is 36.1 Å². The van der Waals surface area contributed by atoms with Gasteiger partial charge in [0.25, 0.3) is 0 Å². The van der Waals surface area contributed by atoms with E-state index >= 15 is 0 Å². The summed E-state index contributed by atoms with van der Waals surface area (Å²) in [6, 6.07) is 8.21. The normalized spacial score (nSPS) is 18.8. The molecule has 5 heteroatoms. The van der Waals surface area contributed by atoms with Crippen LogP contribution in [0.25, 0.3) is 10.9 Å². The molecule has 3 rings (SSSR count). The molecule has 1 fully saturated rings. The maximum atomic E-state index is 12.2. The van der Waals surface area contributed by atoms with Gasteiger partial charge in [-0.3, -0.25) is 9.48 Å². The number of hydrogen-bond donors (Lipinski definition) is 1. The third-order valence-electron chi connectivity index (χ3n) is 4.99. The number of piperidine rings is 1. The van der Waals surface area contributed by atoms with Gasteiger partial charge in [0.05, 0.1) is 17.8 Å². The number of likely N-dealkylation sites (tertiary alicyclic amines) is 1. The first kappa shape index (κ1) is 17.0. The number of carbonyl (C=O) groups is 1. The molecule has 1 N–H and O–H groups in total. The van der Waals surface area contributed by atoms with Gasteiger partial charge in [0, 0.05) is 24.9 Å². The number of nitrogens with zero attached hydrogens (tertiary/aromatic N) is 3. The molecule has 0 saturated carbocycles. The zero-order valence-electron chi connectivity index (χ0n) is 14.8. The van der Waals surface area contributed by atoms with E-state index in [4.69, 9.17) is 0 Å². The van der Waals surface area contributed by atoms with E-state index < -0.39 is 0 Å². The number of aryl methyl sites for hydroxylation is 1. The van der Waals surface area contributed by atoms with Crippen LogP contribution in [0.4, 0.5) is 0 Å². The molecule has 1 aliphatic rings. The van der Waals surface area contributed by atoms with Gasteiger partial charge in [-0.15, -0.1) is 0 Å². The molecule has 0 radical (unpaired) electrons. The highest BCUT2D eigenvalue weighted by Crippen LogP contribution is 2.20. The van der Waals surface area contributed by atoms with Gasteiger partial charge in [0.2, 0.25) is 5.91 Å². The van der Waals surface area contributed by atoms with Crippen molar-refractivity contribution in [3.8, 4) is 0 Å². The SMILES string of the molecule is CCn1nc(CNC(=O)CCC2CCCN(C)C2)c2ccccc21. The van der Waals surface area contributed by atoms with Gasteiger partial charge < -0.3 is 10.2 Å². The van der Waals surface area contributed by atoms with E-state index in [9.17, 15) is 4.79 Å². The van der Waals surface area contributed by atoms with Crippen LogP contribution < -0.4 is 5.32 Å². The molecule has 1 atom stereocenters. The summed E-state index contributed by atoms with van der Waals surface area (Å²) in [6.45, 7) is 5.75. The zero-order chi connectivity index (χ0) is 16.9. The summed E-state index contributed by atoms with van der Waals surface area (Å²) in [5, 5.41) is 8.82. The van der Waals surface area contributed by atoms with Crippen LogP contribution in [-0.2, 0) is 17.9 Å². The highest BCUT2D eigenvalue weighted by molar-refractivity contribution is 5.82. The number of nitrogens with one attached hydrogen (secondary N) is 1. The summed E-state index contributed by atoms with van der Waals surface area (Å²) in [6.07, 6.45) is 4.11. The third-order valence-corrected chi connectivity index (χ3v) is 4.99. The van der Waals surface area contributed by atoms with Crippen molar-refractivity contribution in [1.82, 2.24) is 20.0 Å². The summed E-state index contributed by atoms with van der Waals surface area (Å²) >= 11 is 0. The Balaban J connectivity index is 1.53. The van der Waals surface area contributed by atoms with Crippen LogP contribution in [0.2, 0.25) is 0 Å². The van der Waals surface area contributed by atoms with Gasteiger partial charge in [-0.2, -0.15) is 5.10 Å². The molecule has 1 amide bonds. The van der Waals surface area contributed by atoms with Gasteiger partial charge in [-0.05, 0) is 51.8 Å². The summed E-state index contributed by atoms with van der Waals surface area (Å²) in [7, 11) is 2.17. The minimum Gasteiger partial charge on any atom is -0.350 e. The number of para-hydroxylation sites is 1. The molecule has 5 nitrogen and oxygen atoms in total. The van der Waals surface area contributed by atoms with Crippen molar-refractivity contribution in [3.63, 3.8) is 0 Å². The van der Waals surface area contributed by atoms with Crippen LogP contribution in [0.15, 0.2) is 24.3 Å². The van der Waals surface area contributed by atoms with Crippen molar-refractivity contribution in [2.75, 3.05) is 20.1 Å². The fourth-order valence-corrected chi connectivity index (χ4v) is 3.68. The summed E-state index contributed by atoms with van der Waals surface area (Å²) in [5.74, 6) is 0.799. The van der Waals surface area contributed by atoms with Crippen LogP contribution in [-0.4, -0.2) is 40.7 Å². The number of amides is 1. The molecule has 0 bridgehead atoms. The standard InChI is InChI=1S/C19H28N4O/c1-3-23-18-9-5-4-8-16(18)17(21-23)13-20-19(24)11-10-15-7-6-12-22(2)14-15/h4-5,8-9,15H,3,6-7,10-14H2,1-2H3,(H,20,24). The number of rotatable bonds is 6. The Hall–Kier alpha value is -1.88. The van der Waals surface area contributed by atoms with Gasteiger partial charge in [-0.1, -0.05) is 18.2 Å². The summed E-state index contributed by atoms with van der Waals surface area (Å²) in [4.78, 5) is 14.6. The Kier molecular flexibility index (Phi) is 5.51. The Morgan fingerprint density at radius 1 is 1.38 bits per heavy atom. The van der Waals surface area contributed by atoms with Crippen molar-refractivity contribution >= 4 is 16.8 Å². The predicted molar refractivity (Wildman–Crippen MR) is 96.7 cm³/mol. The van der Waals surface area contributed by atoms with E-state index in [2.05, 4.69) is 41.4 Å². The van der Waals surface area contributed by atoms with Crippen LogP contribution >= 0.6 is 0 Å². The van der Waals surface area contributed by atoms with Crippen molar-refractivity contribution in [3.05, 3.63) is 30.0 Å². The highest BCUT2D eigenvalue weighted by atomic mass is 16.1. The Morgan fingerprint density at radius 3 is 3.00 bits per heavy atom. The Bertz CT molecular complexity index is 694. The molecular weight excluding hydrogens is 300 g/mol. The Labute approximate surface area is 144 Å². The van der Waals surface area contributed by atoms with Crippen LogP contribution in [0, 0.1) is 5.92 Å². The molecule has 130 valence electrons. The minimum atomic E-state index is 0.137. The number of aromatic nitrogens is 2. The second-order valence-electron chi connectivity index (χ2n) is 6.87. The maximum Gasteiger partial charge on any atom is 0.220 e. The highest BCUT2D eigenvalue weighted by Gasteiger charge is 2.18. The van der Waals surface area contributed by atoms with Crippen molar-refractivity contribution < 1.29 is 4.79 Å². The zero-order valence-corrected chi connectivity index (χ0v) is 14.8. The van der Waals surface area contributed by atoms with E-state index in [0.29, 0.717) is 18.9 Å². The molecular formula is C19H28N4O. The van der Waals surface area contributed by atoms with Crippen LogP contribution in [0.5, 0.6) is 0 Å². The molecule has 2 aromatic rings. The van der Waals surface area contributed by atoms with Gasteiger partial charge in [0.15, 0.2) is 0 Å². The number of hydrogen-bond acceptors (Lipinski definition) is 3. The maximum absolute atomic E-state index is 12.2. The van der Waals surface area contributed by atoms with E-state index in [-0.39, 0.29) is 5.91 Å². The first-order valence-corrected chi connectivity index (χ1v) is 9.07. The smallest absolute Gasteiger partial charge is 0.220 e. The van der Waals surface area contributed by atoms with Gasteiger partial charge >= 0.3 is 0 Å². The predicted octanol–water partition coefficient (Wildman–Crippen LogP) is 2.79. The second kappa shape index (κ2) is 7.79. The molecule has 1 unspecified atom stereocenters. The quantitative estimate of drug-likeness (QED) is 0.887. The molecule has 0 aliphatic carbocycles. The lowest BCUT2D eigenvalue weighted by atomic mass is 9.93. The minimum absolute atomic E-state index is 0.137. The fraction of sp³-hybridized carbons (Fsp3) is 0.579. The average Bonchev–Trinajstić information content (AvgIpc) is 2.96. The fourth-order valence-electron chi connectivity index (χ4n) is 3.68. The first-order valence-electron chi connectivity index (χ1n) is 9.07. The third kappa shape index (κ3) is 3.96.